The molecule has 80 valence electrons. The van der Waals surface area contributed by atoms with E-state index in [-0.39, 0.29) is 5.38 Å². The van der Waals surface area contributed by atoms with Crippen LogP contribution in [0.1, 0.15) is 18.1 Å². The largest absolute Gasteiger partial charge is 0.341 e. The Morgan fingerprint density at radius 2 is 1.88 bits per heavy atom. The second kappa shape index (κ2) is 3.49. The Balaban J connectivity index is 2.34. The molecule has 0 spiro atoms. The molecule has 0 aliphatic heterocycles. The van der Waals surface area contributed by atoms with E-state index in [1.54, 1.807) is 0 Å². The Bertz CT molecular complexity index is 603. The average molecular weight is 231 g/mol. The summed E-state index contributed by atoms with van der Waals surface area (Å²) in [6, 6.07) is 12.5. The molecular weight excluding hydrogens is 220 g/mol. The number of halogens is 1. The highest BCUT2D eigenvalue weighted by Crippen LogP contribution is 2.24. The number of H-pyrrole nitrogens is 1. The number of aromatic nitrogens is 2. The molecule has 1 heterocycles. The number of nitrogens with zero attached hydrogens (tertiary/aromatic N) is 1. The molecule has 2 aromatic carbocycles. The van der Waals surface area contributed by atoms with E-state index in [9.17, 15) is 0 Å². The molecule has 0 fully saturated rings. The maximum Gasteiger partial charge on any atom is 0.125 e. The molecule has 0 saturated heterocycles. The van der Waals surface area contributed by atoms with Gasteiger partial charge < -0.3 is 4.98 Å². The molecule has 1 aromatic heterocycles. The predicted octanol–water partition coefficient (Wildman–Crippen LogP) is 4.02. The summed E-state index contributed by atoms with van der Waals surface area (Å²) in [5.41, 5.74) is 2.02. The fraction of sp³-hybridized carbons (Fsp3) is 0.154. The maximum atomic E-state index is 6.01. The summed E-state index contributed by atoms with van der Waals surface area (Å²) < 4.78 is 0. The molecule has 0 bridgehead atoms. The first-order chi connectivity index (χ1) is 7.74. The highest BCUT2D eigenvalue weighted by molar-refractivity contribution is 6.20. The van der Waals surface area contributed by atoms with Crippen LogP contribution in [-0.4, -0.2) is 9.97 Å². The van der Waals surface area contributed by atoms with Gasteiger partial charge in [0.15, 0.2) is 0 Å². The molecule has 0 aliphatic carbocycles. The Hall–Kier alpha value is -1.54. The van der Waals surface area contributed by atoms with Crippen molar-refractivity contribution in [2.24, 2.45) is 0 Å². The molecule has 0 radical (unpaired) electrons. The van der Waals surface area contributed by atoms with Crippen molar-refractivity contribution in [2.75, 3.05) is 0 Å². The monoisotopic (exact) mass is 230 g/mol. The summed E-state index contributed by atoms with van der Waals surface area (Å²) in [6.07, 6.45) is 0. The number of aromatic amines is 1. The quantitative estimate of drug-likeness (QED) is 0.629. The topological polar surface area (TPSA) is 28.7 Å². The van der Waals surface area contributed by atoms with Crippen molar-refractivity contribution in [3.8, 4) is 0 Å². The van der Waals surface area contributed by atoms with Gasteiger partial charge >= 0.3 is 0 Å². The first-order valence-electron chi connectivity index (χ1n) is 5.26. The third-order valence-corrected chi connectivity index (χ3v) is 2.95. The smallest absolute Gasteiger partial charge is 0.125 e. The van der Waals surface area contributed by atoms with Crippen molar-refractivity contribution < 1.29 is 0 Å². The van der Waals surface area contributed by atoms with E-state index >= 15 is 0 Å². The van der Waals surface area contributed by atoms with Crippen LogP contribution >= 0.6 is 11.6 Å². The maximum absolute atomic E-state index is 6.01. The predicted molar refractivity (Wildman–Crippen MR) is 67.9 cm³/mol. The number of imidazole rings is 1. The van der Waals surface area contributed by atoms with Crippen molar-refractivity contribution in [2.45, 2.75) is 12.3 Å². The number of nitrogens with one attached hydrogen (secondary N) is 1. The highest BCUT2D eigenvalue weighted by atomic mass is 35.5. The van der Waals surface area contributed by atoms with Crippen LogP contribution in [0.25, 0.3) is 21.8 Å². The second-order valence-electron chi connectivity index (χ2n) is 3.95. The van der Waals surface area contributed by atoms with Crippen molar-refractivity contribution >= 4 is 33.4 Å². The van der Waals surface area contributed by atoms with Gasteiger partial charge in [-0.05, 0) is 29.8 Å². The molecular formula is C13H11ClN2. The average Bonchev–Trinajstić information content (AvgIpc) is 2.68. The number of hydrogen-bond acceptors (Lipinski definition) is 1. The van der Waals surface area contributed by atoms with Gasteiger partial charge in [-0.1, -0.05) is 24.3 Å². The third-order valence-electron chi connectivity index (χ3n) is 2.74. The summed E-state index contributed by atoms with van der Waals surface area (Å²) in [5, 5.41) is 2.33. The molecule has 0 saturated carbocycles. The molecule has 2 nitrogen and oxygen atoms in total. The summed E-state index contributed by atoms with van der Waals surface area (Å²) in [5.74, 6) is 0.826. The second-order valence-corrected chi connectivity index (χ2v) is 4.61. The highest BCUT2D eigenvalue weighted by Gasteiger charge is 2.08. The Morgan fingerprint density at radius 1 is 1.19 bits per heavy atom. The van der Waals surface area contributed by atoms with E-state index in [2.05, 4.69) is 34.2 Å². The lowest BCUT2D eigenvalue weighted by Crippen LogP contribution is -1.85. The molecule has 1 N–H and O–H groups in total. The van der Waals surface area contributed by atoms with E-state index in [1.807, 2.05) is 19.1 Å². The summed E-state index contributed by atoms with van der Waals surface area (Å²) in [6.45, 7) is 1.92. The number of alkyl halides is 1. The van der Waals surface area contributed by atoms with E-state index in [0.717, 1.165) is 16.9 Å². The van der Waals surface area contributed by atoms with Gasteiger partial charge in [0, 0.05) is 0 Å². The van der Waals surface area contributed by atoms with Crippen molar-refractivity contribution in [1.82, 2.24) is 9.97 Å². The minimum Gasteiger partial charge on any atom is -0.341 e. The number of fused-ring (bicyclic) bond motifs is 2. The van der Waals surface area contributed by atoms with Gasteiger partial charge in [-0.3, -0.25) is 0 Å². The van der Waals surface area contributed by atoms with E-state index in [1.165, 1.54) is 10.8 Å². The molecule has 0 unspecified atom stereocenters. The van der Waals surface area contributed by atoms with E-state index < -0.39 is 0 Å². The fourth-order valence-corrected chi connectivity index (χ4v) is 2.01. The van der Waals surface area contributed by atoms with Crippen LogP contribution in [0.5, 0.6) is 0 Å². The standard InChI is InChI=1S/C13H11ClN2/c1-8(14)13-15-11-6-9-4-2-3-5-10(9)7-12(11)16-13/h2-8H,1H3,(H,15,16)/t8-/m1/s1. The number of rotatable bonds is 1. The molecule has 3 heteroatoms. The molecule has 0 aliphatic rings. The van der Waals surface area contributed by atoms with Gasteiger partial charge in [0.1, 0.15) is 5.82 Å². The summed E-state index contributed by atoms with van der Waals surface area (Å²) in [7, 11) is 0. The first kappa shape index (κ1) is 9.67. The van der Waals surface area contributed by atoms with E-state index in [0.29, 0.717) is 0 Å². The summed E-state index contributed by atoms with van der Waals surface area (Å²) in [4.78, 5) is 7.72. The zero-order valence-corrected chi connectivity index (χ0v) is 9.62. The van der Waals surface area contributed by atoms with Crippen LogP contribution in [-0.2, 0) is 0 Å². The summed E-state index contributed by atoms with van der Waals surface area (Å²) >= 11 is 6.01. The van der Waals surface area contributed by atoms with Crippen molar-refractivity contribution in [3.05, 3.63) is 42.2 Å². The van der Waals surface area contributed by atoms with Gasteiger partial charge in [-0.25, -0.2) is 4.98 Å². The molecule has 16 heavy (non-hydrogen) atoms. The zero-order valence-electron chi connectivity index (χ0n) is 8.87. The van der Waals surface area contributed by atoms with Crippen LogP contribution in [0, 0.1) is 0 Å². The van der Waals surface area contributed by atoms with Gasteiger partial charge in [0.2, 0.25) is 0 Å². The van der Waals surface area contributed by atoms with Crippen LogP contribution in [0.2, 0.25) is 0 Å². The molecule has 1 atom stereocenters. The Labute approximate surface area is 98.3 Å². The number of hydrogen-bond donors (Lipinski definition) is 1. The lowest BCUT2D eigenvalue weighted by molar-refractivity contribution is 0.962. The SMILES string of the molecule is C[C@@H](Cl)c1nc2cc3ccccc3cc2[nH]1. The van der Waals surface area contributed by atoms with Gasteiger partial charge in [-0.15, -0.1) is 11.6 Å². The fourth-order valence-electron chi connectivity index (χ4n) is 1.90. The van der Waals surface area contributed by atoms with Crippen molar-refractivity contribution in [1.29, 1.82) is 0 Å². The van der Waals surface area contributed by atoms with Crippen LogP contribution in [0.3, 0.4) is 0 Å². The van der Waals surface area contributed by atoms with Crippen LogP contribution < -0.4 is 0 Å². The zero-order chi connectivity index (χ0) is 11.1. The first-order valence-corrected chi connectivity index (χ1v) is 5.70. The third kappa shape index (κ3) is 1.46. The van der Waals surface area contributed by atoms with E-state index in [4.69, 9.17) is 11.6 Å². The molecule has 3 rings (SSSR count). The van der Waals surface area contributed by atoms with Gasteiger partial charge in [0.05, 0.1) is 16.4 Å². The molecule has 0 amide bonds. The van der Waals surface area contributed by atoms with Gasteiger partial charge in [0.25, 0.3) is 0 Å². The Kier molecular flexibility index (Phi) is 2.11. The lowest BCUT2D eigenvalue weighted by atomic mass is 10.1. The Morgan fingerprint density at radius 3 is 2.56 bits per heavy atom. The van der Waals surface area contributed by atoms with Crippen molar-refractivity contribution in [3.63, 3.8) is 0 Å². The molecule has 3 aromatic rings. The van der Waals surface area contributed by atoms with Crippen LogP contribution in [0.15, 0.2) is 36.4 Å². The minimum absolute atomic E-state index is 0.0875. The van der Waals surface area contributed by atoms with Crippen LogP contribution in [0.4, 0.5) is 0 Å². The normalized spacial score (nSPS) is 13.4. The number of benzene rings is 2. The lowest BCUT2D eigenvalue weighted by Gasteiger charge is -1.95. The van der Waals surface area contributed by atoms with Gasteiger partial charge in [-0.2, -0.15) is 0 Å². The minimum atomic E-state index is -0.0875.